The van der Waals surface area contributed by atoms with E-state index in [1.54, 1.807) is 12.1 Å². The van der Waals surface area contributed by atoms with Gasteiger partial charge in [0.25, 0.3) is 0 Å². The molecule has 0 aliphatic carbocycles. The molecule has 0 bridgehead atoms. The number of nitrogens with one attached hydrogen (secondary N) is 1. The van der Waals surface area contributed by atoms with Crippen LogP contribution in [-0.2, 0) is 10.2 Å². The maximum atomic E-state index is 12.0. The largest absolute Gasteiger partial charge is 0.388 e. The summed E-state index contributed by atoms with van der Waals surface area (Å²) in [6, 6.07) is 3.53. The van der Waals surface area contributed by atoms with Crippen LogP contribution in [0.3, 0.4) is 0 Å². The maximum absolute atomic E-state index is 12.0. The Labute approximate surface area is 112 Å². The first kappa shape index (κ1) is 13.4. The summed E-state index contributed by atoms with van der Waals surface area (Å²) in [5.74, 6) is 0.00477. The van der Waals surface area contributed by atoms with Crippen molar-refractivity contribution in [1.29, 1.82) is 0 Å². The number of aliphatic hydroxyl groups is 1. The summed E-state index contributed by atoms with van der Waals surface area (Å²) < 4.78 is 0. The molecule has 1 aliphatic rings. The molecule has 98 valence electrons. The van der Waals surface area contributed by atoms with Crippen LogP contribution < -0.4 is 5.32 Å². The molecular weight excluding hydrogens is 250 g/mol. The molecule has 2 rings (SSSR count). The van der Waals surface area contributed by atoms with Gasteiger partial charge in [0.15, 0.2) is 0 Å². The summed E-state index contributed by atoms with van der Waals surface area (Å²) in [4.78, 5) is 12.0. The van der Waals surface area contributed by atoms with Crippen molar-refractivity contribution in [2.75, 3.05) is 5.32 Å². The van der Waals surface area contributed by atoms with Gasteiger partial charge in [0.2, 0.25) is 5.91 Å². The predicted molar refractivity (Wildman–Crippen MR) is 72.9 cm³/mol. The van der Waals surface area contributed by atoms with E-state index in [-0.39, 0.29) is 11.8 Å². The van der Waals surface area contributed by atoms with Crippen LogP contribution in [0.15, 0.2) is 12.1 Å². The minimum absolute atomic E-state index is 0.0584. The van der Waals surface area contributed by atoms with Crippen LogP contribution >= 0.6 is 11.6 Å². The maximum Gasteiger partial charge on any atom is 0.234 e. The average molecular weight is 268 g/mol. The summed E-state index contributed by atoms with van der Waals surface area (Å²) in [6.45, 7) is 7.58. The molecule has 0 spiro atoms. The molecule has 0 saturated carbocycles. The molecule has 0 aromatic heterocycles. The van der Waals surface area contributed by atoms with Crippen molar-refractivity contribution in [2.24, 2.45) is 5.92 Å². The molecule has 1 unspecified atom stereocenters. The number of amides is 1. The van der Waals surface area contributed by atoms with E-state index in [4.69, 9.17) is 11.6 Å². The summed E-state index contributed by atoms with van der Waals surface area (Å²) in [5.41, 5.74) is 1.67. The molecule has 1 atom stereocenters. The van der Waals surface area contributed by atoms with E-state index in [2.05, 4.69) is 5.32 Å². The van der Waals surface area contributed by atoms with Crippen LogP contribution in [0.4, 0.5) is 5.69 Å². The fourth-order valence-corrected chi connectivity index (χ4v) is 2.47. The number of hydrogen-bond donors (Lipinski definition) is 2. The van der Waals surface area contributed by atoms with Gasteiger partial charge in [-0.05, 0) is 37.5 Å². The van der Waals surface area contributed by atoms with Gasteiger partial charge in [-0.25, -0.2) is 0 Å². The van der Waals surface area contributed by atoms with Gasteiger partial charge in [-0.2, -0.15) is 0 Å². The van der Waals surface area contributed by atoms with Gasteiger partial charge in [-0.3, -0.25) is 4.79 Å². The molecule has 1 aliphatic heterocycles. The van der Waals surface area contributed by atoms with Crippen LogP contribution in [-0.4, -0.2) is 11.0 Å². The first-order valence-electron chi connectivity index (χ1n) is 6.08. The fourth-order valence-electron chi connectivity index (χ4n) is 2.24. The van der Waals surface area contributed by atoms with Crippen molar-refractivity contribution < 1.29 is 9.90 Å². The molecular formula is C14H18ClNO2. The SMILES string of the molecule is CC(C)C(O)c1cc(Cl)cc2c1NC(=O)C2(C)C. The number of aliphatic hydroxyl groups excluding tert-OH is 1. The molecule has 2 N–H and O–H groups in total. The molecule has 18 heavy (non-hydrogen) atoms. The molecule has 0 fully saturated rings. The lowest BCUT2D eigenvalue weighted by Gasteiger charge is -2.20. The van der Waals surface area contributed by atoms with Gasteiger partial charge in [-0.1, -0.05) is 25.4 Å². The highest BCUT2D eigenvalue weighted by Crippen LogP contribution is 2.44. The Morgan fingerprint density at radius 1 is 1.33 bits per heavy atom. The zero-order valence-electron chi connectivity index (χ0n) is 11.0. The second-order valence-electron chi connectivity index (χ2n) is 5.69. The first-order valence-corrected chi connectivity index (χ1v) is 6.46. The number of rotatable bonds is 2. The van der Waals surface area contributed by atoms with E-state index >= 15 is 0 Å². The van der Waals surface area contributed by atoms with Crippen molar-refractivity contribution in [3.8, 4) is 0 Å². The highest BCUT2D eigenvalue weighted by Gasteiger charge is 2.40. The summed E-state index contributed by atoms with van der Waals surface area (Å²) in [7, 11) is 0. The third kappa shape index (κ3) is 1.91. The number of benzene rings is 1. The van der Waals surface area contributed by atoms with Gasteiger partial charge in [0.05, 0.1) is 17.2 Å². The monoisotopic (exact) mass is 267 g/mol. The van der Waals surface area contributed by atoms with Gasteiger partial charge < -0.3 is 10.4 Å². The lowest BCUT2D eigenvalue weighted by molar-refractivity contribution is -0.119. The smallest absolute Gasteiger partial charge is 0.234 e. The topological polar surface area (TPSA) is 49.3 Å². The summed E-state index contributed by atoms with van der Waals surface area (Å²) in [6.07, 6.45) is -0.633. The van der Waals surface area contributed by atoms with Crippen molar-refractivity contribution in [1.82, 2.24) is 0 Å². The molecule has 1 amide bonds. The number of anilines is 1. The Morgan fingerprint density at radius 3 is 2.50 bits per heavy atom. The Bertz CT molecular complexity index is 509. The van der Waals surface area contributed by atoms with Crippen molar-refractivity contribution in [3.63, 3.8) is 0 Å². The molecule has 0 saturated heterocycles. The Kier molecular flexibility index (Phi) is 3.16. The molecule has 0 radical (unpaired) electrons. The van der Waals surface area contributed by atoms with E-state index < -0.39 is 11.5 Å². The van der Waals surface area contributed by atoms with Crippen LogP contribution in [0.25, 0.3) is 0 Å². The van der Waals surface area contributed by atoms with E-state index in [9.17, 15) is 9.90 Å². The standard InChI is InChI=1S/C14H18ClNO2/c1-7(2)12(17)9-5-8(15)6-10-11(9)16-13(18)14(10,3)4/h5-7,12,17H,1-4H3,(H,16,18). The molecule has 3 nitrogen and oxygen atoms in total. The number of hydrogen-bond acceptors (Lipinski definition) is 2. The molecule has 1 aromatic carbocycles. The third-order valence-corrected chi connectivity index (χ3v) is 3.78. The number of fused-ring (bicyclic) bond motifs is 1. The van der Waals surface area contributed by atoms with E-state index in [1.807, 2.05) is 27.7 Å². The number of carbonyl (C=O) groups excluding carboxylic acids is 1. The summed E-state index contributed by atoms with van der Waals surface area (Å²) in [5, 5.41) is 13.6. The predicted octanol–water partition coefficient (Wildman–Crippen LogP) is 3.26. The zero-order valence-corrected chi connectivity index (χ0v) is 11.8. The van der Waals surface area contributed by atoms with E-state index in [0.29, 0.717) is 10.6 Å². The van der Waals surface area contributed by atoms with E-state index in [0.717, 1.165) is 11.3 Å². The minimum Gasteiger partial charge on any atom is -0.388 e. The fraction of sp³-hybridized carbons (Fsp3) is 0.500. The number of halogens is 1. The van der Waals surface area contributed by atoms with Crippen molar-refractivity contribution in [2.45, 2.75) is 39.2 Å². The van der Waals surface area contributed by atoms with Gasteiger partial charge in [0.1, 0.15) is 0 Å². The minimum atomic E-state index is -0.633. The lowest BCUT2D eigenvalue weighted by Crippen LogP contribution is -2.26. The van der Waals surface area contributed by atoms with Crippen LogP contribution in [0.1, 0.15) is 44.9 Å². The summed E-state index contributed by atoms with van der Waals surface area (Å²) >= 11 is 6.10. The zero-order chi connectivity index (χ0) is 13.7. The highest BCUT2D eigenvalue weighted by molar-refractivity contribution is 6.31. The van der Waals surface area contributed by atoms with Crippen molar-refractivity contribution >= 4 is 23.2 Å². The molecule has 1 heterocycles. The second kappa shape index (κ2) is 4.25. The van der Waals surface area contributed by atoms with Crippen LogP contribution in [0.5, 0.6) is 0 Å². The second-order valence-corrected chi connectivity index (χ2v) is 6.12. The lowest BCUT2D eigenvalue weighted by atomic mass is 9.84. The Morgan fingerprint density at radius 2 is 1.94 bits per heavy atom. The first-order chi connectivity index (χ1) is 8.25. The van der Waals surface area contributed by atoms with Crippen LogP contribution in [0, 0.1) is 5.92 Å². The normalized spacial score (nSPS) is 18.7. The van der Waals surface area contributed by atoms with Gasteiger partial charge in [0, 0.05) is 10.6 Å². The molecule has 4 heteroatoms. The van der Waals surface area contributed by atoms with Crippen molar-refractivity contribution in [3.05, 3.63) is 28.3 Å². The quantitative estimate of drug-likeness (QED) is 0.864. The molecule has 1 aromatic rings. The Balaban J connectivity index is 2.63. The van der Waals surface area contributed by atoms with E-state index in [1.165, 1.54) is 0 Å². The van der Waals surface area contributed by atoms with Crippen LogP contribution in [0.2, 0.25) is 5.02 Å². The Hall–Kier alpha value is -1.06. The van der Waals surface area contributed by atoms with Gasteiger partial charge >= 0.3 is 0 Å². The average Bonchev–Trinajstić information content (AvgIpc) is 2.49. The highest BCUT2D eigenvalue weighted by atomic mass is 35.5. The number of carbonyl (C=O) groups is 1. The van der Waals surface area contributed by atoms with Gasteiger partial charge in [-0.15, -0.1) is 0 Å². The third-order valence-electron chi connectivity index (χ3n) is 3.56.